The zero-order valence-electron chi connectivity index (χ0n) is 15.9. The number of benzene rings is 1. The van der Waals surface area contributed by atoms with Gasteiger partial charge in [0, 0.05) is 30.5 Å². The first-order valence-electron chi connectivity index (χ1n) is 8.56. The Hall–Kier alpha value is -2.48. The minimum atomic E-state index is -0.245. The number of methoxy groups -OCH3 is 3. The first kappa shape index (κ1) is 19.3. The maximum atomic E-state index is 12.7. The van der Waals surface area contributed by atoms with Gasteiger partial charge in [0.15, 0.2) is 0 Å². The Labute approximate surface area is 163 Å². The monoisotopic (exact) mass is 389 g/mol. The van der Waals surface area contributed by atoms with Crippen molar-refractivity contribution in [3.8, 4) is 17.2 Å². The number of amides is 1. The van der Waals surface area contributed by atoms with Crippen LogP contribution in [0.2, 0.25) is 0 Å². The van der Waals surface area contributed by atoms with Gasteiger partial charge in [0.05, 0.1) is 51.0 Å². The van der Waals surface area contributed by atoms with Crippen molar-refractivity contribution in [2.75, 3.05) is 27.1 Å². The van der Waals surface area contributed by atoms with Crippen molar-refractivity contribution in [1.82, 2.24) is 14.9 Å². The van der Waals surface area contributed by atoms with Crippen LogP contribution in [0.25, 0.3) is 0 Å². The quantitative estimate of drug-likeness (QED) is 0.752. The molecule has 2 heterocycles. The van der Waals surface area contributed by atoms with Crippen molar-refractivity contribution in [2.24, 2.45) is 0 Å². The Kier molecular flexibility index (Phi) is 6.05. The zero-order valence-corrected chi connectivity index (χ0v) is 16.7. The molecule has 1 aliphatic rings. The fourth-order valence-corrected chi connectivity index (χ4v) is 4.27. The van der Waals surface area contributed by atoms with Crippen LogP contribution in [0.5, 0.6) is 17.2 Å². The highest BCUT2D eigenvalue weighted by Gasteiger charge is 2.34. The van der Waals surface area contributed by atoms with Gasteiger partial charge >= 0.3 is 0 Å². The number of aryl methyl sites for hydroxylation is 1. The Morgan fingerprint density at radius 1 is 1.11 bits per heavy atom. The Bertz CT molecular complexity index is 788. The summed E-state index contributed by atoms with van der Waals surface area (Å²) in [7, 11) is 4.79. The van der Waals surface area contributed by atoms with E-state index in [0.717, 1.165) is 22.7 Å². The van der Waals surface area contributed by atoms with Crippen molar-refractivity contribution in [3.05, 3.63) is 41.5 Å². The van der Waals surface area contributed by atoms with E-state index in [4.69, 9.17) is 14.2 Å². The second-order valence-corrected chi connectivity index (χ2v) is 7.28. The largest absolute Gasteiger partial charge is 0.496 e. The topological polar surface area (TPSA) is 73.8 Å². The highest BCUT2D eigenvalue weighted by molar-refractivity contribution is 7.99. The van der Waals surface area contributed by atoms with E-state index in [1.165, 1.54) is 0 Å². The van der Waals surface area contributed by atoms with Crippen LogP contribution in [0.3, 0.4) is 0 Å². The molecule has 0 aliphatic carbocycles. The van der Waals surface area contributed by atoms with Crippen LogP contribution in [0.1, 0.15) is 28.7 Å². The number of aromatic nitrogens is 2. The fourth-order valence-electron chi connectivity index (χ4n) is 2.98. The van der Waals surface area contributed by atoms with Gasteiger partial charge in [0.25, 0.3) is 0 Å². The highest BCUT2D eigenvalue weighted by atomic mass is 32.2. The standard InChI is InChI=1S/C19H23N3O4S/c1-12-9-21-13(10-20-12)11-22-17(23)5-6-27-19(22)18-15(25-3)7-14(24-2)8-16(18)26-4/h7-10,19H,5-6,11H2,1-4H3. The van der Waals surface area contributed by atoms with E-state index >= 15 is 0 Å². The molecule has 1 fully saturated rings. The van der Waals surface area contributed by atoms with E-state index in [2.05, 4.69) is 9.97 Å². The molecule has 1 amide bonds. The van der Waals surface area contributed by atoms with Gasteiger partial charge < -0.3 is 19.1 Å². The van der Waals surface area contributed by atoms with Gasteiger partial charge in [0.2, 0.25) is 5.91 Å². The summed E-state index contributed by atoms with van der Waals surface area (Å²) in [6.45, 7) is 2.26. The lowest BCUT2D eigenvalue weighted by molar-refractivity contribution is -0.132. The number of carbonyl (C=O) groups excluding carboxylic acids is 1. The lowest BCUT2D eigenvalue weighted by Gasteiger charge is -2.36. The number of rotatable bonds is 6. The molecule has 1 aromatic heterocycles. The number of carbonyl (C=O) groups is 1. The van der Waals surface area contributed by atoms with Crippen molar-refractivity contribution in [2.45, 2.75) is 25.3 Å². The Morgan fingerprint density at radius 3 is 2.37 bits per heavy atom. The van der Waals surface area contributed by atoms with Crippen molar-refractivity contribution >= 4 is 17.7 Å². The molecule has 144 valence electrons. The van der Waals surface area contributed by atoms with Gasteiger partial charge in [-0.1, -0.05) is 0 Å². The van der Waals surface area contributed by atoms with Crippen LogP contribution in [0.15, 0.2) is 24.5 Å². The zero-order chi connectivity index (χ0) is 19.4. The predicted octanol–water partition coefficient (Wildman–Crippen LogP) is 2.98. The van der Waals surface area contributed by atoms with Crippen molar-refractivity contribution in [1.29, 1.82) is 0 Å². The lowest BCUT2D eigenvalue weighted by atomic mass is 10.1. The van der Waals surface area contributed by atoms with Gasteiger partial charge in [-0.05, 0) is 6.92 Å². The molecule has 2 aromatic rings. The first-order chi connectivity index (χ1) is 13.1. The second-order valence-electron chi connectivity index (χ2n) is 6.09. The maximum Gasteiger partial charge on any atom is 0.224 e. The lowest BCUT2D eigenvalue weighted by Crippen LogP contribution is -2.37. The van der Waals surface area contributed by atoms with Gasteiger partial charge in [-0.2, -0.15) is 0 Å². The minimum Gasteiger partial charge on any atom is -0.496 e. The summed E-state index contributed by atoms with van der Waals surface area (Å²) in [5.41, 5.74) is 2.40. The number of hydrogen-bond acceptors (Lipinski definition) is 7. The highest BCUT2D eigenvalue weighted by Crippen LogP contribution is 2.47. The molecule has 1 atom stereocenters. The average molecular weight is 389 g/mol. The Morgan fingerprint density at radius 2 is 1.81 bits per heavy atom. The molecule has 1 aliphatic heterocycles. The minimum absolute atomic E-state index is 0.0704. The van der Waals surface area contributed by atoms with Gasteiger partial charge in [-0.3, -0.25) is 14.8 Å². The predicted molar refractivity (Wildman–Crippen MR) is 103 cm³/mol. The molecule has 0 N–H and O–H groups in total. The summed E-state index contributed by atoms with van der Waals surface area (Å²) in [6.07, 6.45) is 3.91. The molecule has 0 saturated carbocycles. The number of ether oxygens (including phenoxy) is 3. The molecule has 27 heavy (non-hydrogen) atoms. The van der Waals surface area contributed by atoms with E-state index in [1.807, 2.05) is 6.92 Å². The van der Waals surface area contributed by atoms with Crippen LogP contribution in [0.4, 0.5) is 0 Å². The summed E-state index contributed by atoms with van der Waals surface area (Å²) >= 11 is 1.68. The fraction of sp³-hybridized carbons (Fsp3) is 0.421. The summed E-state index contributed by atoms with van der Waals surface area (Å²) in [5.74, 6) is 2.69. The van der Waals surface area contributed by atoms with Gasteiger partial charge in [-0.25, -0.2) is 0 Å². The van der Waals surface area contributed by atoms with Crippen molar-refractivity contribution in [3.63, 3.8) is 0 Å². The number of nitrogens with zero attached hydrogens (tertiary/aromatic N) is 3. The first-order valence-corrected chi connectivity index (χ1v) is 9.60. The normalized spacial score (nSPS) is 17.0. The third-order valence-electron chi connectivity index (χ3n) is 4.36. The average Bonchev–Trinajstić information content (AvgIpc) is 2.70. The third-order valence-corrected chi connectivity index (χ3v) is 5.61. The van der Waals surface area contributed by atoms with Crippen LogP contribution in [-0.2, 0) is 11.3 Å². The summed E-state index contributed by atoms with van der Waals surface area (Å²) in [5, 5.41) is -0.245. The molecule has 8 heteroatoms. The summed E-state index contributed by atoms with van der Waals surface area (Å²) in [6, 6.07) is 3.61. The molecular weight excluding hydrogens is 366 g/mol. The van der Waals surface area contributed by atoms with Crippen LogP contribution in [0, 0.1) is 6.92 Å². The van der Waals surface area contributed by atoms with Crippen LogP contribution >= 0.6 is 11.8 Å². The Balaban J connectivity index is 2.01. The molecule has 1 unspecified atom stereocenters. The maximum absolute atomic E-state index is 12.7. The van der Waals surface area contributed by atoms with E-state index in [-0.39, 0.29) is 11.3 Å². The smallest absolute Gasteiger partial charge is 0.224 e. The van der Waals surface area contributed by atoms with Crippen LogP contribution < -0.4 is 14.2 Å². The number of thioether (sulfide) groups is 1. The van der Waals surface area contributed by atoms with Crippen LogP contribution in [-0.4, -0.2) is 47.9 Å². The van der Waals surface area contributed by atoms with E-state index in [1.54, 1.807) is 62.5 Å². The van der Waals surface area contributed by atoms with Gasteiger partial charge in [-0.15, -0.1) is 11.8 Å². The molecular formula is C19H23N3O4S. The molecule has 1 saturated heterocycles. The summed E-state index contributed by atoms with van der Waals surface area (Å²) in [4.78, 5) is 23.2. The molecule has 7 nitrogen and oxygen atoms in total. The van der Waals surface area contributed by atoms with E-state index in [0.29, 0.717) is 30.2 Å². The van der Waals surface area contributed by atoms with Gasteiger partial charge in [0.1, 0.15) is 22.6 Å². The van der Waals surface area contributed by atoms with E-state index < -0.39 is 0 Å². The summed E-state index contributed by atoms with van der Waals surface area (Å²) < 4.78 is 16.5. The number of hydrogen-bond donors (Lipinski definition) is 0. The molecule has 0 radical (unpaired) electrons. The van der Waals surface area contributed by atoms with E-state index in [9.17, 15) is 4.79 Å². The second kappa shape index (κ2) is 8.47. The SMILES string of the molecule is COc1cc(OC)c(C2SCCC(=O)N2Cc2cnc(C)cn2)c(OC)c1. The molecule has 1 aromatic carbocycles. The molecule has 0 spiro atoms. The third kappa shape index (κ3) is 4.10. The molecule has 3 rings (SSSR count). The molecule has 0 bridgehead atoms. The van der Waals surface area contributed by atoms with Crippen molar-refractivity contribution < 1.29 is 19.0 Å².